The van der Waals surface area contributed by atoms with Gasteiger partial charge in [-0.15, -0.1) is 0 Å². The molecule has 0 spiro atoms. The molecule has 0 radical (unpaired) electrons. The topological polar surface area (TPSA) is 92.3 Å². The molecule has 1 fully saturated rings. The number of carbonyl (C=O) groups excluding carboxylic acids is 1. The Kier molecular flexibility index (Phi) is 5.17. The van der Waals surface area contributed by atoms with Crippen LogP contribution >= 0.6 is 0 Å². The van der Waals surface area contributed by atoms with Crippen LogP contribution in [0.15, 0.2) is 36.7 Å². The van der Waals surface area contributed by atoms with E-state index in [0.717, 1.165) is 0 Å². The predicted molar refractivity (Wildman–Crippen MR) is 95.1 cm³/mol. The SMILES string of the molecule is CN(c1ncc(C(=O)NCc2ccccc2F)cn1)C1CCS(=O)(=O)C1. The molecule has 1 amide bonds. The molecule has 0 aliphatic carbocycles. The van der Waals surface area contributed by atoms with Crippen molar-refractivity contribution in [2.75, 3.05) is 23.5 Å². The van der Waals surface area contributed by atoms with Crippen molar-refractivity contribution in [3.8, 4) is 0 Å². The quantitative estimate of drug-likeness (QED) is 0.840. The monoisotopic (exact) mass is 378 g/mol. The maximum Gasteiger partial charge on any atom is 0.254 e. The first-order valence-electron chi connectivity index (χ1n) is 8.12. The van der Waals surface area contributed by atoms with Crippen molar-refractivity contribution in [2.24, 2.45) is 0 Å². The summed E-state index contributed by atoms with van der Waals surface area (Å²) in [6, 6.07) is 6.04. The third kappa shape index (κ3) is 4.16. The zero-order valence-electron chi connectivity index (χ0n) is 14.2. The lowest BCUT2D eigenvalue weighted by Crippen LogP contribution is -2.34. The van der Waals surface area contributed by atoms with Gasteiger partial charge in [0, 0.05) is 37.6 Å². The first-order chi connectivity index (χ1) is 12.4. The summed E-state index contributed by atoms with van der Waals surface area (Å²) < 4.78 is 36.7. The lowest BCUT2D eigenvalue weighted by Gasteiger charge is -2.23. The standard InChI is InChI=1S/C17H19FN4O3S/c1-22(14-6-7-26(24,25)11-14)17-20-9-13(10-21-17)16(23)19-8-12-4-2-3-5-15(12)18/h2-5,9-10,14H,6-8,11H2,1H3,(H,19,23). The second-order valence-electron chi connectivity index (χ2n) is 6.21. The lowest BCUT2D eigenvalue weighted by molar-refractivity contribution is 0.0950. The van der Waals surface area contributed by atoms with Gasteiger partial charge in [-0.1, -0.05) is 18.2 Å². The van der Waals surface area contributed by atoms with E-state index in [1.807, 2.05) is 0 Å². The Morgan fingerprint density at radius 1 is 1.31 bits per heavy atom. The zero-order chi connectivity index (χ0) is 18.7. The number of halogens is 1. The molecule has 1 aliphatic rings. The molecule has 2 heterocycles. The molecule has 0 saturated carbocycles. The first kappa shape index (κ1) is 18.2. The molecule has 1 aromatic carbocycles. The highest BCUT2D eigenvalue weighted by Crippen LogP contribution is 2.19. The Morgan fingerprint density at radius 3 is 2.62 bits per heavy atom. The zero-order valence-corrected chi connectivity index (χ0v) is 15.0. The van der Waals surface area contributed by atoms with Gasteiger partial charge in [0.25, 0.3) is 5.91 Å². The molecule has 1 unspecified atom stereocenters. The minimum atomic E-state index is -3.00. The van der Waals surface area contributed by atoms with Crippen molar-refractivity contribution in [1.82, 2.24) is 15.3 Å². The normalized spacial score (nSPS) is 18.5. The summed E-state index contributed by atoms with van der Waals surface area (Å²) in [5.74, 6) is -0.188. The number of hydrogen-bond donors (Lipinski definition) is 1. The van der Waals surface area contributed by atoms with Gasteiger partial charge in [0.05, 0.1) is 17.1 Å². The molecule has 1 aliphatic heterocycles. The molecule has 26 heavy (non-hydrogen) atoms. The highest BCUT2D eigenvalue weighted by molar-refractivity contribution is 7.91. The Bertz CT molecular complexity index is 902. The molecule has 1 N–H and O–H groups in total. The molecule has 7 nitrogen and oxygen atoms in total. The second-order valence-corrected chi connectivity index (χ2v) is 8.44. The summed E-state index contributed by atoms with van der Waals surface area (Å²) in [6.07, 6.45) is 3.28. The molecule has 1 aromatic heterocycles. The molecular weight excluding hydrogens is 359 g/mol. The third-order valence-corrected chi connectivity index (χ3v) is 6.12. The number of hydrogen-bond acceptors (Lipinski definition) is 6. The number of carbonyl (C=O) groups is 1. The maximum absolute atomic E-state index is 13.6. The first-order valence-corrected chi connectivity index (χ1v) is 9.95. The van der Waals surface area contributed by atoms with Crippen LogP contribution in [0.4, 0.5) is 10.3 Å². The molecule has 0 bridgehead atoms. The Morgan fingerprint density at radius 2 is 2.00 bits per heavy atom. The Balaban J connectivity index is 1.62. The number of benzene rings is 1. The average molecular weight is 378 g/mol. The minimum absolute atomic E-state index is 0.0626. The number of sulfone groups is 1. The van der Waals surface area contributed by atoms with E-state index in [1.165, 1.54) is 18.5 Å². The van der Waals surface area contributed by atoms with Crippen LogP contribution in [0, 0.1) is 5.82 Å². The number of amides is 1. The van der Waals surface area contributed by atoms with Crippen LogP contribution in [0.2, 0.25) is 0 Å². The summed E-state index contributed by atoms with van der Waals surface area (Å²) in [7, 11) is -1.26. The van der Waals surface area contributed by atoms with Gasteiger partial charge in [0.2, 0.25) is 5.95 Å². The van der Waals surface area contributed by atoms with Gasteiger partial charge in [-0.2, -0.15) is 0 Å². The van der Waals surface area contributed by atoms with E-state index in [-0.39, 0.29) is 35.5 Å². The van der Waals surface area contributed by atoms with Crippen LogP contribution in [0.3, 0.4) is 0 Å². The van der Waals surface area contributed by atoms with Crippen molar-refractivity contribution in [2.45, 2.75) is 19.0 Å². The van der Waals surface area contributed by atoms with E-state index < -0.39 is 15.7 Å². The van der Waals surface area contributed by atoms with Gasteiger partial charge in [0.1, 0.15) is 5.82 Å². The molecule has 1 atom stereocenters. The largest absolute Gasteiger partial charge is 0.348 e. The number of nitrogens with zero attached hydrogens (tertiary/aromatic N) is 3. The summed E-state index contributed by atoms with van der Waals surface area (Å²) in [6.45, 7) is 0.0626. The predicted octanol–water partition coefficient (Wildman–Crippen LogP) is 1.17. The van der Waals surface area contributed by atoms with Crippen LogP contribution in [-0.2, 0) is 16.4 Å². The smallest absolute Gasteiger partial charge is 0.254 e. The van der Waals surface area contributed by atoms with E-state index in [1.54, 1.807) is 30.1 Å². The number of anilines is 1. The average Bonchev–Trinajstić information content (AvgIpc) is 3.00. The van der Waals surface area contributed by atoms with Gasteiger partial charge in [-0.25, -0.2) is 22.8 Å². The third-order valence-electron chi connectivity index (χ3n) is 4.37. The van der Waals surface area contributed by atoms with Crippen molar-refractivity contribution in [1.29, 1.82) is 0 Å². The Hall–Kier alpha value is -2.55. The van der Waals surface area contributed by atoms with Gasteiger partial charge in [0.15, 0.2) is 9.84 Å². The number of rotatable bonds is 5. The van der Waals surface area contributed by atoms with Crippen molar-refractivity contribution < 1.29 is 17.6 Å². The van der Waals surface area contributed by atoms with Gasteiger partial charge < -0.3 is 10.2 Å². The highest BCUT2D eigenvalue weighted by atomic mass is 32.2. The lowest BCUT2D eigenvalue weighted by atomic mass is 10.2. The minimum Gasteiger partial charge on any atom is -0.348 e. The molecule has 9 heteroatoms. The number of nitrogens with one attached hydrogen (secondary N) is 1. The molecule has 2 aromatic rings. The maximum atomic E-state index is 13.6. The van der Waals surface area contributed by atoms with Gasteiger partial charge in [-0.3, -0.25) is 4.79 Å². The number of aromatic nitrogens is 2. The van der Waals surface area contributed by atoms with Gasteiger partial charge in [-0.05, 0) is 12.5 Å². The van der Waals surface area contributed by atoms with Crippen molar-refractivity contribution in [3.05, 3.63) is 53.6 Å². The van der Waals surface area contributed by atoms with Crippen LogP contribution in [0.25, 0.3) is 0 Å². The van der Waals surface area contributed by atoms with E-state index in [4.69, 9.17) is 0 Å². The van der Waals surface area contributed by atoms with Crippen LogP contribution < -0.4 is 10.2 Å². The van der Waals surface area contributed by atoms with E-state index in [0.29, 0.717) is 17.9 Å². The fourth-order valence-electron chi connectivity index (χ4n) is 2.78. The molecular formula is C17H19FN4O3S. The van der Waals surface area contributed by atoms with E-state index in [9.17, 15) is 17.6 Å². The van der Waals surface area contributed by atoms with E-state index >= 15 is 0 Å². The fraction of sp³-hybridized carbons (Fsp3) is 0.353. The molecule has 3 rings (SSSR count). The van der Waals surface area contributed by atoms with Crippen molar-refractivity contribution >= 4 is 21.7 Å². The fourth-order valence-corrected chi connectivity index (χ4v) is 4.56. The van der Waals surface area contributed by atoms with Crippen LogP contribution in [-0.4, -0.2) is 48.9 Å². The molecule has 138 valence electrons. The van der Waals surface area contributed by atoms with Crippen molar-refractivity contribution in [3.63, 3.8) is 0 Å². The second kappa shape index (κ2) is 7.36. The summed E-state index contributed by atoms with van der Waals surface area (Å²) in [5.41, 5.74) is 0.637. The Labute approximate surface area is 151 Å². The van der Waals surface area contributed by atoms with E-state index in [2.05, 4.69) is 15.3 Å². The van der Waals surface area contributed by atoms with Crippen LogP contribution in [0.1, 0.15) is 22.3 Å². The molecule has 1 saturated heterocycles. The highest BCUT2D eigenvalue weighted by Gasteiger charge is 2.31. The summed E-state index contributed by atoms with van der Waals surface area (Å²) in [4.78, 5) is 22.2. The summed E-state index contributed by atoms with van der Waals surface area (Å²) >= 11 is 0. The van der Waals surface area contributed by atoms with Gasteiger partial charge >= 0.3 is 0 Å². The van der Waals surface area contributed by atoms with Crippen LogP contribution in [0.5, 0.6) is 0 Å². The summed E-state index contributed by atoms with van der Waals surface area (Å²) in [5, 5.41) is 2.62.